The molecule has 0 radical (unpaired) electrons. The highest BCUT2D eigenvalue weighted by molar-refractivity contribution is 6.74. The molecule has 1 saturated heterocycles. The quantitative estimate of drug-likeness (QED) is 0.580. The number of nitrogens with zero attached hydrogens (tertiary/aromatic N) is 2. The summed E-state index contributed by atoms with van der Waals surface area (Å²) in [6, 6.07) is 3.11. The van der Waals surface area contributed by atoms with Crippen molar-refractivity contribution in [3.8, 4) is 0 Å². The maximum absolute atomic E-state index is 12.8. The Hall–Kier alpha value is -1.73. The second-order valence-electron chi connectivity index (χ2n) is 9.21. The standard InChI is InChI=1S/C19H30N2O4Si/c1-18(2,3)24-17(23)21-14(13-9-11-20-12-10-13)15(16(21)22)25-26(7,8)19(4,5)6/h9-12,14-15H,1-8H3. The van der Waals surface area contributed by atoms with Crippen molar-refractivity contribution in [1.29, 1.82) is 0 Å². The van der Waals surface area contributed by atoms with Gasteiger partial charge < -0.3 is 9.16 Å². The highest BCUT2D eigenvalue weighted by Gasteiger charge is 2.56. The molecule has 144 valence electrons. The van der Waals surface area contributed by atoms with E-state index in [2.05, 4.69) is 38.8 Å². The predicted octanol–water partition coefficient (Wildman–Crippen LogP) is 4.29. The van der Waals surface area contributed by atoms with Crippen LogP contribution in [0.2, 0.25) is 18.1 Å². The van der Waals surface area contributed by atoms with E-state index in [0.29, 0.717) is 0 Å². The number of rotatable bonds is 3. The van der Waals surface area contributed by atoms with E-state index >= 15 is 0 Å². The van der Waals surface area contributed by atoms with Crippen LogP contribution in [0.4, 0.5) is 4.79 Å². The van der Waals surface area contributed by atoms with Crippen molar-refractivity contribution in [1.82, 2.24) is 9.88 Å². The van der Waals surface area contributed by atoms with E-state index in [1.54, 1.807) is 45.3 Å². The molecule has 0 spiro atoms. The molecule has 2 heterocycles. The van der Waals surface area contributed by atoms with Gasteiger partial charge in [0, 0.05) is 12.4 Å². The SMILES string of the molecule is CC(C)(C)OC(=O)N1C(=O)C(O[Si](C)(C)C(C)(C)C)C1c1ccncc1. The number of hydrogen-bond donors (Lipinski definition) is 0. The number of aromatic nitrogens is 1. The Bertz CT molecular complexity index is 677. The first-order chi connectivity index (χ1) is 11.7. The zero-order valence-electron chi connectivity index (χ0n) is 17.0. The normalized spacial score (nSPS) is 21.4. The van der Waals surface area contributed by atoms with Gasteiger partial charge in [0.2, 0.25) is 0 Å². The van der Waals surface area contributed by atoms with Crippen molar-refractivity contribution in [3.05, 3.63) is 30.1 Å². The van der Waals surface area contributed by atoms with Crippen LogP contribution >= 0.6 is 0 Å². The monoisotopic (exact) mass is 378 g/mol. The number of pyridine rings is 1. The lowest BCUT2D eigenvalue weighted by Gasteiger charge is -2.49. The van der Waals surface area contributed by atoms with Gasteiger partial charge in [-0.25, -0.2) is 9.69 Å². The molecule has 2 rings (SSSR count). The molecule has 1 aliphatic rings. The van der Waals surface area contributed by atoms with Gasteiger partial charge in [0.15, 0.2) is 14.4 Å². The topological polar surface area (TPSA) is 68.7 Å². The summed E-state index contributed by atoms with van der Waals surface area (Å²) in [6.07, 6.45) is 1.98. The number of likely N-dealkylation sites (tertiary alicyclic amines) is 1. The van der Waals surface area contributed by atoms with Crippen molar-refractivity contribution < 1.29 is 18.8 Å². The molecule has 6 nitrogen and oxygen atoms in total. The van der Waals surface area contributed by atoms with Gasteiger partial charge in [0.25, 0.3) is 5.91 Å². The predicted molar refractivity (Wildman–Crippen MR) is 102 cm³/mol. The highest BCUT2D eigenvalue weighted by Crippen LogP contribution is 2.44. The molecule has 2 atom stereocenters. The number of amides is 2. The van der Waals surface area contributed by atoms with Crippen LogP contribution in [0.15, 0.2) is 24.5 Å². The molecule has 1 fully saturated rings. The maximum Gasteiger partial charge on any atom is 0.417 e. The Morgan fingerprint density at radius 2 is 1.65 bits per heavy atom. The van der Waals surface area contributed by atoms with Crippen LogP contribution in [0.3, 0.4) is 0 Å². The Balaban J connectivity index is 2.32. The third-order valence-electron chi connectivity index (χ3n) is 4.91. The zero-order valence-corrected chi connectivity index (χ0v) is 18.0. The molecule has 2 amide bonds. The van der Waals surface area contributed by atoms with Crippen LogP contribution in [-0.2, 0) is 14.0 Å². The number of carbonyl (C=O) groups is 2. The maximum atomic E-state index is 12.8. The molecule has 1 aromatic heterocycles. The Labute approximate surface area is 157 Å². The first kappa shape index (κ1) is 20.6. The molecule has 0 aliphatic carbocycles. The Kier molecular flexibility index (Phi) is 5.36. The minimum Gasteiger partial charge on any atom is -0.443 e. The van der Waals surface area contributed by atoms with Gasteiger partial charge in [-0.15, -0.1) is 0 Å². The molecule has 26 heavy (non-hydrogen) atoms. The van der Waals surface area contributed by atoms with E-state index < -0.39 is 32.2 Å². The second-order valence-corrected chi connectivity index (χ2v) is 14.0. The molecule has 0 bridgehead atoms. The third-order valence-corrected chi connectivity index (χ3v) is 9.37. The van der Waals surface area contributed by atoms with E-state index in [1.165, 1.54) is 4.90 Å². The van der Waals surface area contributed by atoms with Gasteiger partial charge in [-0.1, -0.05) is 20.8 Å². The second kappa shape index (κ2) is 6.77. The van der Waals surface area contributed by atoms with E-state index in [4.69, 9.17) is 9.16 Å². The molecular weight excluding hydrogens is 348 g/mol. The molecule has 2 unspecified atom stereocenters. The summed E-state index contributed by atoms with van der Waals surface area (Å²) in [6.45, 7) is 15.9. The van der Waals surface area contributed by atoms with Gasteiger partial charge in [-0.2, -0.15) is 0 Å². The van der Waals surface area contributed by atoms with Crippen LogP contribution in [0.5, 0.6) is 0 Å². The number of hydrogen-bond acceptors (Lipinski definition) is 5. The molecule has 0 saturated carbocycles. The zero-order chi connectivity index (χ0) is 19.9. The summed E-state index contributed by atoms with van der Waals surface area (Å²) in [5.74, 6) is -0.342. The summed E-state index contributed by atoms with van der Waals surface area (Å²) in [5, 5.41) is -0.0393. The molecule has 7 heteroatoms. The fourth-order valence-corrected chi connectivity index (χ4v) is 3.69. The summed E-state index contributed by atoms with van der Waals surface area (Å²) in [5.41, 5.74) is 0.139. The van der Waals surface area contributed by atoms with Gasteiger partial charge in [0.05, 0.1) is 0 Å². The van der Waals surface area contributed by atoms with Crippen LogP contribution in [0, 0.1) is 0 Å². The smallest absolute Gasteiger partial charge is 0.417 e. The fraction of sp³-hybridized carbons (Fsp3) is 0.632. The molecule has 0 N–H and O–H groups in total. The molecular formula is C19H30N2O4Si. The minimum absolute atomic E-state index is 0.0393. The summed E-state index contributed by atoms with van der Waals surface area (Å²) < 4.78 is 11.8. The average molecular weight is 379 g/mol. The Morgan fingerprint density at radius 3 is 2.12 bits per heavy atom. The van der Waals surface area contributed by atoms with E-state index in [-0.39, 0.29) is 10.9 Å². The lowest BCUT2D eigenvalue weighted by molar-refractivity contribution is -0.162. The van der Waals surface area contributed by atoms with E-state index in [1.807, 2.05) is 0 Å². The average Bonchev–Trinajstić information content (AvgIpc) is 2.47. The van der Waals surface area contributed by atoms with Crippen molar-refractivity contribution in [2.45, 2.75) is 77.4 Å². The lowest BCUT2D eigenvalue weighted by Crippen LogP contribution is -2.65. The molecule has 1 aromatic rings. The van der Waals surface area contributed by atoms with Crippen molar-refractivity contribution in [2.75, 3.05) is 0 Å². The minimum atomic E-state index is -2.18. The van der Waals surface area contributed by atoms with E-state index in [0.717, 1.165) is 5.56 Å². The lowest BCUT2D eigenvalue weighted by atomic mass is 9.92. The van der Waals surface area contributed by atoms with Gasteiger partial charge >= 0.3 is 6.09 Å². The van der Waals surface area contributed by atoms with Gasteiger partial charge in [-0.05, 0) is 56.6 Å². The van der Waals surface area contributed by atoms with Crippen molar-refractivity contribution in [3.63, 3.8) is 0 Å². The van der Waals surface area contributed by atoms with Gasteiger partial charge in [-0.3, -0.25) is 9.78 Å². The largest absolute Gasteiger partial charge is 0.443 e. The first-order valence-electron chi connectivity index (χ1n) is 8.88. The number of ether oxygens (including phenoxy) is 1. The number of imide groups is 1. The number of carbonyl (C=O) groups excluding carboxylic acids is 2. The van der Waals surface area contributed by atoms with Crippen LogP contribution in [0.1, 0.15) is 53.1 Å². The summed E-state index contributed by atoms with van der Waals surface area (Å²) in [4.78, 5) is 30.5. The van der Waals surface area contributed by atoms with E-state index in [9.17, 15) is 9.59 Å². The molecule has 1 aliphatic heterocycles. The van der Waals surface area contributed by atoms with Gasteiger partial charge in [0.1, 0.15) is 11.6 Å². The van der Waals surface area contributed by atoms with Crippen molar-refractivity contribution >= 4 is 20.3 Å². The molecule has 0 aromatic carbocycles. The summed E-state index contributed by atoms with van der Waals surface area (Å²) in [7, 11) is -2.18. The summed E-state index contributed by atoms with van der Waals surface area (Å²) >= 11 is 0. The highest BCUT2D eigenvalue weighted by atomic mass is 28.4. The van der Waals surface area contributed by atoms with Crippen molar-refractivity contribution in [2.24, 2.45) is 0 Å². The first-order valence-corrected chi connectivity index (χ1v) is 11.8. The Morgan fingerprint density at radius 1 is 1.12 bits per heavy atom. The fourth-order valence-electron chi connectivity index (χ4n) is 2.47. The number of β-lactam (4-membered cyclic amide) rings is 1. The van der Waals surface area contributed by atoms with Crippen LogP contribution < -0.4 is 0 Å². The van der Waals surface area contributed by atoms with Crippen LogP contribution in [0.25, 0.3) is 0 Å². The van der Waals surface area contributed by atoms with Crippen LogP contribution in [-0.4, -0.2) is 41.9 Å². The third kappa shape index (κ3) is 4.15.